The summed E-state index contributed by atoms with van der Waals surface area (Å²) in [6, 6.07) is 9.21. The fraction of sp³-hybridized carbons (Fsp3) is 0.467. The van der Waals surface area contributed by atoms with E-state index in [1.165, 1.54) is 12.0 Å². The van der Waals surface area contributed by atoms with Gasteiger partial charge in [0.15, 0.2) is 0 Å². The van der Waals surface area contributed by atoms with Crippen LogP contribution in [0.3, 0.4) is 0 Å². The number of carbonyl (C=O) groups excluding carboxylic acids is 2. The maximum atomic E-state index is 13.6. The van der Waals surface area contributed by atoms with Gasteiger partial charge in [-0.1, -0.05) is 30.3 Å². The van der Waals surface area contributed by atoms with Gasteiger partial charge in [-0.2, -0.15) is 0 Å². The zero-order valence-corrected chi connectivity index (χ0v) is 11.8. The Kier molecular flexibility index (Phi) is 5.14. The van der Waals surface area contributed by atoms with Crippen molar-refractivity contribution in [1.29, 1.82) is 0 Å². The summed E-state index contributed by atoms with van der Waals surface area (Å²) in [5.41, 5.74) is 0.851. The van der Waals surface area contributed by atoms with Gasteiger partial charge in [-0.3, -0.25) is 4.79 Å². The minimum Gasteiger partial charge on any atom is -0.469 e. The molecule has 5 nitrogen and oxygen atoms in total. The number of piperidine rings is 1. The molecule has 1 heterocycles. The number of rotatable bonds is 3. The lowest BCUT2D eigenvalue weighted by atomic mass is 9.97. The third-order valence-electron chi connectivity index (χ3n) is 3.40. The Hall–Kier alpha value is -2.11. The lowest BCUT2D eigenvalue weighted by molar-refractivity contribution is -0.148. The van der Waals surface area contributed by atoms with Crippen molar-refractivity contribution < 1.29 is 23.5 Å². The molecule has 1 amide bonds. The molecular formula is C15H18FNO4. The summed E-state index contributed by atoms with van der Waals surface area (Å²) < 4.78 is 23.4. The molecule has 1 saturated heterocycles. The summed E-state index contributed by atoms with van der Waals surface area (Å²) in [5, 5.41) is 0. The number of esters is 1. The minimum atomic E-state index is -1.24. The lowest BCUT2D eigenvalue weighted by Gasteiger charge is -2.32. The normalized spacial score (nSPS) is 21.7. The van der Waals surface area contributed by atoms with E-state index in [2.05, 4.69) is 4.74 Å². The number of halogens is 1. The van der Waals surface area contributed by atoms with Crippen molar-refractivity contribution in [2.45, 2.75) is 19.2 Å². The molecule has 1 aromatic rings. The van der Waals surface area contributed by atoms with E-state index in [0.29, 0.717) is 0 Å². The van der Waals surface area contributed by atoms with Crippen LogP contribution < -0.4 is 0 Å². The molecule has 2 rings (SSSR count). The van der Waals surface area contributed by atoms with Gasteiger partial charge < -0.3 is 14.4 Å². The van der Waals surface area contributed by atoms with Crippen LogP contribution in [0.2, 0.25) is 0 Å². The Bertz CT molecular complexity index is 494. The van der Waals surface area contributed by atoms with Gasteiger partial charge in [0.05, 0.1) is 19.6 Å². The quantitative estimate of drug-likeness (QED) is 0.802. The predicted molar refractivity (Wildman–Crippen MR) is 73.2 cm³/mol. The number of ether oxygens (including phenoxy) is 2. The first-order chi connectivity index (χ1) is 10.1. The third-order valence-corrected chi connectivity index (χ3v) is 3.40. The fourth-order valence-electron chi connectivity index (χ4n) is 2.33. The molecule has 0 aliphatic carbocycles. The van der Waals surface area contributed by atoms with E-state index in [1.54, 1.807) is 0 Å². The van der Waals surface area contributed by atoms with Gasteiger partial charge in [-0.15, -0.1) is 0 Å². The Morgan fingerprint density at radius 1 is 1.29 bits per heavy atom. The molecule has 2 atom stereocenters. The summed E-state index contributed by atoms with van der Waals surface area (Å²) in [4.78, 5) is 24.7. The number of alkyl halides is 1. The fourth-order valence-corrected chi connectivity index (χ4v) is 2.33. The molecule has 1 fully saturated rings. The molecule has 1 aliphatic rings. The summed E-state index contributed by atoms with van der Waals surface area (Å²) in [5.74, 6) is -1.14. The zero-order valence-electron chi connectivity index (χ0n) is 11.8. The van der Waals surface area contributed by atoms with Gasteiger partial charge in [0, 0.05) is 6.54 Å². The first-order valence-corrected chi connectivity index (χ1v) is 6.77. The Labute approximate surface area is 122 Å². The van der Waals surface area contributed by atoms with E-state index in [1.807, 2.05) is 30.3 Å². The Balaban J connectivity index is 1.90. The molecule has 0 aromatic heterocycles. The van der Waals surface area contributed by atoms with E-state index >= 15 is 0 Å². The number of benzene rings is 1. The highest BCUT2D eigenvalue weighted by atomic mass is 19.1. The Morgan fingerprint density at radius 3 is 2.67 bits per heavy atom. The van der Waals surface area contributed by atoms with Gasteiger partial charge >= 0.3 is 12.1 Å². The van der Waals surface area contributed by atoms with E-state index in [9.17, 15) is 14.0 Å². The maximum Gasteiger partial charge on any atom is 0.410 e. The number of hydrogen-bond donors (Lipinski definition) is 0. The highest BCUT2D eigenvalue weighted by molar-refractivity contribution is 5.74. The second-order valence-electron chi connectivity index (χ2n) is 5.00. The van der Waals surface area contributed by atoms with Crippen LogP contribution >= 0.6 is 0 Å². The van der Waals surface area contributed by atoms with E-state index in [-0.39, 0.29) is 26.1 Å². The van der Waals surface area contributed by atoms with Crippen molar-refractivity contribution in [3.05, 3.63) is 35.9 Å². The van der Waals surface area contributed by atoms with Crippen LogP contribution in [0.25, 0.3) is 0 Å². The molecule has 0 spiro atoms. The minimum absolute atomic E-state index is 0.0544. The van der Waals surface area contributed by atoms with Crippen molar-refractivity contribution in [1.82, 2.24) is 4.90 Å². The molecule has 21 heavy (non-hydrogen) atoms. The molecule has 6 heteroatoms. The van der Waals surface area contributed by atoms with Crippen LogP contribution in [-0.4, -0.2) is 43.3 Å². The molecular weight excluding hydrogens is 277 g/mol. The van der Waals surface area contributed by atoms with Gasteiger partial charge in [0.25, 0.3) is 0 Å². The zero-order chi connectivity index (χ0) is 15.2. The highest BCUT2D eigenvalue weighted by Crippen LogP contribution is 2.21. The first-order valence-electron chi connectivity index (χ1n) is 6.77. The number of carbonyl (C=O) groups is 2. The number of hydrogen-bond acceptors (Lipinski definition) is 4. The predicted octanol–water partition coefficient (Wildman–Crippen LogP) is 2.16. The molecule has 1 aromatic carbocycles. The number of likely N-dealkylation sites (tertiary alicyclic amines) is 1. The monoisotopic (exact) mass is 295 g/mol. The van der Waals surface area contributed by atoms with Gasteiger partial charge in [0.1, 0.15) is 12.8 Å². The lowest BCUT2D eigenvalue weighted by Crippen LogP contribution is -2.47. The van der Waals surface area contributed by atoms with E-state index in [4.69, 9.17) is 4.74 Å². The van der Waals surface area contributed by atoms with Crippen molar-refractivity contribution in [3.8, 4) is 0 Å². The Morgan fingerprint density at radius 2 is 2.00 bits per heavy atom. The van der Waals surface area contributed by atoms with E-state index in [0.717, 1.165) is 5.56 Å². The van der Waals surface area contributed by atoms with Crippen molar-refractivity contribution in [2.75, 3.05) is 20.2 Å². The smallest absolute Gasteiger partial charge is 0.410 e. The molecule has 114 valence electrons. The number of nitrogens with zero attached hydrogens (tertiary/aromatic N) is 1. The third kappa shape index (κ3) is 4.18. The second-order valence-corrected chi connectivity index (χ2v) is 5.00. The van der Waals surface area contributed by atoms with Crippen molar-refractivity contribution in [3.63, 3.8) is 0 Å². The molecule has 0 bridgehead atoms. The van der Waals surface area contributed by atoms with Crippen molar-refractivity contribution >= 4 is 12.1 Å². The standard InChI is InChI=1S/C15H18FNO4/c1-20-14(18)12-7-13(16)9-17(8-12)15(19)21-10-11-5-3-2-4-6-11/h2-6,12-13H,7-10H2,1H3. The van der Waals surface area contributed by atoms with E-state index < -0.39 is 24.2 Å². The topological polar surface area (TPSA) is 55.8 Å². The van der Waals surface area contributed by atoms with Crippen LogP contribution in [0.15, 0.2) is 30.3 Å². The summed E-state index contributed by atoms with van der Waals surface area (Å²) in [6.07, 6.45) is -1.78. The van der Waals surface area contributed by atoms with Gasteiger partial charge in [0.2, 0.25) is 0 Å². The first kappa shape index (κ1) is 15.3. The number of amides is 1. The molecule has 2 unspecified atom stereocenters. The summed E-state index contributed by atoms with van der Waals surface area (Å²) in [6.45, 7) is 0.192. The van der Waals surface area contributed by atoms with Gasteiger partial charge in [-0.25, -0.2) is 9.18 Å². The molecule has 0 saturated carbocycles. The largest absolute Gasteiger partial charge is 0.469 e. The average molecular weight is 295 g/mol. The maximum absolute atomic E-state index is 13.6. The van der Waals surface area contributed by atoms with Crippen LogP contribution in [0, 0.1) is 5.92 Å². The van der Waals surface area contributed by atoms with Crippen LogP contribution in [0.5, 0.6) is 0 Å². The molecule has 0 radical (unpaired) electrons. The second kappa shape index (κ2) is 7.06. The summed E-state index contributed by atoms with van der Waals surface area (Å²) >= 11 is 0. The van der Waals surface area contributed by atoms with Crippen LogP contribution in [0.4, 0.5) is 9.18 Å². The van der Waals surface area contributed by atoms with Gasteiger partial charge in [-0.05, 0) is 12.0 Å². The molecule has 1 aliphatic heterocycles. The SMILES string of the molecule is COC(=O)C1CC(F)CN(C(=O)OCc2ccccc2)C1. The summed E-state index contributed by atoms with van der Waals surface area (Å²) in [7, 11) is 1.25. The average Bonchev–Trinajstić information content (AvgIpc) is 2.52. The van der Waals surface area contributed by atoms with Crippen molar-refractivity contribution in [2.24, 2.45) is 5.92 Å². The highest BCUT2D eigenvalue weighted by Gasteiger charge is 2.35. The number of methoxy groups -OCH3 is 1. The van der Waals surface area contributed by atoms with Crippen LogP contribution in [-0.2, 0) is 20.9 Å². The molecule has 0 N–H and O–H groups in total. The van der Waals surface area contributed by atoms with Crippen LogP contribution in [0.1, 0.15) is 12.0 Å².